The van der Waals surface area contributed by atoms with Crippen molar-refractivity contribution in [1.29, 1.82) is 0 Å². The van der Waals surface area contributed by atoms with Gasteiger partial charge in [-0.3, -0.25) is 4.57 Å². The molecule has 0 saturated carbocycles. The molecule has 3 heterocycles. The van der Waals surface area contributed by atoms with E-state index in [2.05, 4.69) is 82.7 Å². The van der Waals surface area contributed by atoms with Crippen molar-refractivity contribution in [3.05, 3.63) is 12.7 Å². The Bertz CT molecular complexity index is 1100. The molecule has 0 amide bonds. The molecule has 1 aliphatic rings. The van der Waals surface area contributed by atoms with Crippen LogP contribution in [0.2, 0.25) is 36.3 Å². The first-order chi connectivity index (χ1) is 16.6. The Morgan fingerprint density at radius 1 is 0.973 bits per heavy atom. The maximum absolute atomic E-state index is 7.01. The van der Waals surface area contributed by atoms with E-state index in [1.807, 2.05) is 25.3 Å². The van der Waals surface area contributed by atoms with Crippen LogP contribution in [0.3, 0.4) is 0 Å². The minimum atomic E-state index is -2.17. The Morgan fingerprint density at radius 2 is 1.57 bits per heavy atom. The van der Waals surface area contributed by atoms with Crippen molar-refractivity contribution in [2.24, 2.45) is 0 Å². The fourth-order valence-corrected chi connectivity index (χ4v) is 6.28. The van der Waals surface area contributed by atoms with E-state index in [0.29, 0.717) is 30.0 Å². The summed E-state index contributed by atoms with van der Waals surface area (Å²) in [6.45, 7) is 28.9. The van der Waals surface area contributed by atoms with Crippen molar-refractivity contribution in [2.45, 2.75) is 129 Å². The van der Waals surface area contributed by atoms with Crippen LogP contribution in [0.15, 0.2) is 12.7 Å². The van der Waals surface area contributed by atoms with Gasteiger partial charge in [-0.1, -0.05) is 41.5 Å². The standard InChI is InChI=1S/C26H49N5O4Si2/c1-23(2,3)35-26(15-32-36(10,11)24(4,5)6)14-18(34-37(12,13)25(7,8)9)22(33-26)31-17-30-19-20(27)28-16-29-21(19)31/h16-18,22H,14-15H2,1-13H3,(H2,27,28,29)/t18-,22-,26-/m1/s1. The Labute approximate surface area is 225 Å². The lowest BCUT2D eigenvalue weighted by atomic mass is 10.1. The van der Waals surface area contributed by atoms with Gasteiger partial charge in [0.2, 0.25) is 0 Å². The summed E-state index contributed by atoms with van der Waals surface area (Å²) < 4.78 is 29.2. The summed E-state index contributed by atoms with van der Waals surface area (Å²) in [5.74, 6) is -0.664. The summed E-state index contributed by atoms with van der Waals surface area (Å²) in [5.41, 5.74) is 6.80. The van der Waals surface area contributed by atoms with Crippen LogP contribution in [0.5, 0.6) is 0 Å². The topological polar surface area (TPSA) is 107 Å². The third-order valence-corrected chi connectivity index (χ3v) is 17.0. The molecule has 0 spiro atoms. The lowest BCUT2D eigenvalue weighted by Crippen LogP contribution is -2.50. The third-order valence-electron chi connectivity index (χ3n) is 8.03. The first-order valence-electron chi connectivity index (χ1n) is 13.2. The molecule has 3 atom stereocenters. The van der Waals surface area contributed by atoms with E-state index >= 15 is 0 Å². The fraction of sp³-hybridized carbons (Fsp3) is 0.808. The maximum Gasteiger partial charge on any atom is 0.196 e. The fourth-order valence-electron chi connectivity index (χ4n) is 3.95. The SMILES string of the molecule is CC(C)(C)O[C@@]1(CO[Si](C)(C)C(C)(C)C)C[C@@H](O[Si](C)(C)C(C)(C)C)[C@H](n2cnc3c(N)ncnc32)O1. The number of aromatic nitrogens is 4. The summed E-state index contributed by atoms with van der Waals surface area (Å²) >= 11 is 0. The van der Waals surface area contributed by atoms with Crippen LogP contribution in [-0.2, 0) is 18.3 Å². The van der Waals surface area contributed by atoms with Crippen molar-refractivity contribution in [1.82, 2.24) is 19.5 Å². The van der Waals surface area contributed by atoms with Gasteiger partial charge in [0, 0.05) is 6.42 Å². The van der Waals surface area contributed by atoms with E-state index in [0.717, 1.165) is 0 Å². The van der Waals surface area contributed by atoms with E-state index in [-0.39, 0.29) is 16.2 Å². The molecule has 0 aliphatic carbocycles. The van der Waals surface area contributed by atoms with Crippen LogP contribution in [0, 0.1) is 0 Å². The minimum absolute atomic E-state index is 0.0227. The first-order valence-corrected chi connectivity index (χ1v) is 19.0. The molecule has 210 valence electrons. The Morgan fingerprint density at radius 3 is 2.11 bits per heavy atom. The lowest BCUT2D eigenvalue weighted by Gasteiger charge is -2.41. The normalized spacial score (nSPS) is 24.2. The van der Waals surface area contributed by atoms with Crippen molar-refractivity contribution in [2.75, 3.05) is 12.3 Å². The van der Waals surface area contributed by atoms with Crippen molar-refractivity contribution in [3.8, 4) is 0 Å². The molecule has 37 heavy (non-hydrogen) atoms. The van der Waals surface area contributed by atoms with E-state index in [1.165, 1.54) is 6.33 Å². The molecule has 2 N–H and O–H groups in total. The van der Waals surface area contributed by atoms with Crippen LogP contribution in [0.4, 0.5) is 5.82 Å². The number of anilines is 1. The van der Waals surface area contributed by atoms with Crippen molar-refractivity contribution in [3.63, 3.8) is 0 Å². The predicted molar refractivity (Wildman–Crippen MR) is 153 cm³/mol. The van der Waals surface area contributed by atoms with Gasteiger partial charge in [-0.2, -0.15) is 0 Å². The zero-order valence-electron chi connectivity index (χ0n) is 25.2. The Hall–Kier alpha value is -1.38. The Balaban J connectivity index is 2.09. The number of nitrogens with two attached hydrogens (primary N) is 1. The molecular formula is C26H49N5O4Si2. The number of fused-ring (bicyclic) bond motifs is 1. The van der Waals surface area contributed by atoms with Gasteiger partial charge in [-0.15, -0.1) is 0 Å². The van der Waals surface area contributed by atoms with Gasteiger partial charge < -0.3 is 24.1 Å². The van der Waals surface area contributed by atoms with Gasteiger partial charge in [-0.05, 0) is 57.0 Å². The van der Waals surface area contributed by atoms with Crippen LogP contribution >= 0.6 is 0 Å². The van der Waals surface area contributed by atoms with Gasteiger partial charge in [0.25, 0.3) is 0 Å². The second-order valence-electron chi connectivity index (χ2n) is 14.4. The number of rotatable bonds is 7. The zero-order valence-corrected chi connectivity index (χ0v) is 27.2. The van der Waals surface area contributed by atoms with Gasteiger partial charge >= 0.3 is 0 Å². The van der Waals surface area contributed by atoms with Gasteiger partial charge in [0.1, 0.15) is 11.8 Å². The summed E-state index contributed by atoms with van der Waals surface area (Å²) in [5, 5.41) is 0.0783. The molecule has 1 aliphatic heterocycles. The van der Waals surface area contributed by atoms with Crippen molar-refractivity contribution < 1.29 is 18.3 Å². The van der Waals surface area contributed by atoms with Gasteiger partial charge in [0.15, 0.2) is 40.1 Å². The molecule has 0 bridgehead atoms. The zero-order chi connectivity index (χ0) is 28.2. The molecule has 2 aromatic heterocycles. The van der Waals surface area contributed by atoms with Crippen LogP contribution in [-0.4, -0.2) is 60.3 Å². The summed E-state index contributed by atoms with van der Waals surface area (Å²) in [4.78, 5) is 13.1. The van der Waals surface area contributed by atoms with E-state index in [4.69, 9.17) is 24.1 Å². The summed E-state index contributed by atoms with van der Waals surface area (Å²) in [6.07, 6.45) is 2.88. The van der Waals surface area contributed by atoms with Crippen molar-refractivity contribution >= 4 is 33.6 Å². The maximum atomic E-state index is 7.01. The van der Waals surface area contributed by atoms with E-state index < -0.39 is 34.3 Å². The number of imidazole rings is 1. The monoisotopic (exact) mass is 551 g/mol. The second kappa shape index (κ2) is 9.67. The molecule has 11 heteroatoms. The minimum Gasteiger partial charge on any atom is -0.411 e. The molecule has 1 saturated heterocycles. The van der Waals surface area contributed by atoms with E-state index in [9.17, 15) is 0 Å². The lowest BCUT2D eigenvalue weighted by molar-refractivity contribution is -0.289. The molecule has 0 aromatic carbocycles. The molecule has 0 radical (unpaired) electrons. The highest BCUT2D eigenvalue weighted by atomic mass is 28.4. The third kappa shape index (κ3) is 6.44. The van der Waals surface area contributed by atoms with Crippen LogP contribution in [0.25, 0.3) is 11.2 Å². The number of nitrogen functional groups attached to an aromatic ring is 1. The van der Waals surface area contributed by atoms with E-state index in [1.54, 1.807) is 6.33 Å². The second-order valence-corrected chi connectivity index (χ2v) is 24.0. The highest BCUT2D eigenvalue weighted by Crippen LogP contribution is 2.48. The molecular weight excluding hydrogens is 502 g/mol. The Kier molecular flexibility index (Phi) is 7.88. The molecule has 0 unspecified atom stereocenters. The average Bonchev–Trinajstić information content (AvgIpc) is 3.26. The highest BCUT2D eigenvalue weighted by molar-refractivity contribution is 6.74. The smallest absolute Gasteiger partial charge is 0.196 e. The summed E-state index contributed by atoms with van der Waals surface area (Å²) in [7, 11) is -4.25. The number of hydrogen-bond donors (Lipinski definition) is 1. The highest BCUT2D eigenvalue weighted by Gasteiger charge is 2.55. The van der Waals surface area contributed by atoms with Gasteiger partial charge in [-0.25, -0.2) is 15.0 Å². The largest absolute Gasteiger partial charge is 0.411 e. The number of ether oxygens (including phenoxy) is 2. The molecule has 9 nitrogen and oxygen atoms in total. The quantitative estimate of drug-likeness (QED) is 0.402. The number of hydrogen-bond acceptors (Lipinski definition) is 8. The average molecular weight is 552 g/mol. The first kappa shape index (κ1) is 30.2. The van der Waals surface area contributed by atoms with Crippen LogP contribution in [0.1, 0.15) is 75.0 Å². The van der Waals surface area contributed by atoms with Gasteiger partial charge in [0.05, 0.1) is 24.6 Å². The molecule has 3 rings (SSSR count). The summed E-state index contributed by atoms with van der Waals surface area (Å²) in [6, 6.07) is 0. The molecule has 2 aromatic rings. The van der Waals surface area contributed by atoms with Crippen LogP contribution < -0.4 is 5.73 Å². The molecule has 1 fully saturated rings. The predicted octanol–water partition coefficient (Wildman–Crippen LogP) is 6.25. The number of nitrogens with zero attached hydrogens (tertiary/aromatic N) is 4.